The molecule has 0 spiro atoms. The molecule has 2 aromatic carbocycles. The topological polar surface area (TPSA) is 291 Å². The number of fused-ring (bicyclic) bond motifs is 2. The van der Waals surface area contributed by atoms with E-state index in [1.165, 1.54) is 6.42 Å². The number of likely N-dealkylation sites (tertiary alicyclic amines) is 1. The van der Waals surface area contributed by atoms with Crippen LogP contribution in [0.25, 0.3) is 21.8 Å². The maximum atomic E-state index is 15.0. The second-order valence-electron chi connectivity index (χ2n) is 29.2. The second kappa shape index (κ2) is 40.7. The van der Waals surface area contributed by atoms with Crippen molar-refractivity contribution in [3.63, 3.8) is 0 Å². The number of likely N-dealkylation sites (N-methyl/N-ethyl adjacent to an activating group) is 2. The van der Waals surface area contributed by atoms with Crippen LogP contribution in [0, 0.1) is 0 Å². The first-order chi connectivity index (χ1) is 52.7. The quantitative estimate of drug-likeness (QED) is 0.0654. The van der Waals surface area contributed by atoms with Crippen LogP contribution in [0.1, 0.15) is 98.1 Å². The number of ether oxygens (including phenoxy) is 6. The summed E-state index contributed by atoms with van der Waals surface area (Å²) in [7, 11) is 10.4. The average molecular weight is 1630 g/mol. The van der Waals surface area contributed by atoms with Crippen molar-refractivity contribution in [1.82, 2.24) is 55.0 Å². The van der Waals surface area contributed by atoms with Gasteiger partial charge in [-0.3, -0.25) is 4.79 Å². The number of aromatic nitrogens is 8. The summed E-state index contributed by atoms with van der Waals surface area (Å²) in [6.45, 7) is 23.8. The van der Waals surface area contributed by atoms with Crippen LogP contribution in [0.3, 0.4) is 0 Å². The number of halogens is 4. The lowest BCUT2D eigenvalue weighted by molar-refractivity contribution is 0.0212. The molecule has 4 saturated heterocycles. The minimum atomic E-state index is -1.44. The van der Waals surface area contributed by atoms with Crippen LogP contribution >= 0.6 is 28.3 Å². The Bertz CT molecular complexity index is 4340. The molecular weight excluding hydrogens is 1520 g/mol. The minimum Gasteiger partial charge on any atom is -0.494 e. The molecule has 0 unspecified atom stereocenters. The molecule has 2 amide bonds. The summed E-state index contributed by atoms with van der Waals surface area (Å²) in [6.07, 6.45) is 11.8. The molecule has 6 aliphatic rings. The highest BCUT2D eigenvalue weighted by Gasteiger charge is 2.49. The predicted octanol–water partition coefficient (Wildman–Crippen LogP) is 11.4. The Morgan fingerprint density at radius 2 is 0.910 bits per heavy atom. The van der Waals surface area contributed by atoms with Gasteiger partial charge in [-0.25, -0.2) is 53.3 Å². The van der Waals surface area contributed by atoms with Crippen LogP contribution in [0.15, 0.2) is 119 Å². The van der Waals surface area contributed by atoms with Gasteiger partial charge in [-0.05, 0) is 187 Å². The molecule has 6 aromatic heterocycles. The highest BCUT2D eigenvalue weighted by molar-refractivity contribution is 9.10. The number of anilines is 6. The molecule has 2 saturated carbocycles. The van der Waals surface area contributed by atoms with E-state index in [1.54, 1.807) is 75.2 Å². The van der Waals surface area contributed by atoms with E-state index < -0.39 is 16.9 Å². The number of aliphatic hydroxyl groups is 2. The zero-order chi connectivity index (χ0) is 79.2. The summed E-state index contributed by atoms with van der Waals surface area (Å²) in [5, 5.41) is 22.9. The van der Waals surface area contributed by atoms with Gasteiger partial charge in [0.05, 0.1) is 58.1 Å². The summed E-state index contributed by atoms with van der Waals surface area (Å²) in [4.78, 5) is 85.0. The van der Waals surface area contributed by atoms with Crippen LogP contribution < -0.4 is 59.2 Å². The summed E-state index contributed by atoms with van der Waals surface area (Å²) in [5.74, 6) is 6.93. The molecular formula is C79H109BrClF2N17O11. The van der Waals surface area contributed by atoms with Gasteiger partial charge in [0.1, 0.15) is 27.4 Å². The van der Waals surface area contributed by atoms with Crippen molar-refractivity contribution in [2.24, 2.45) is 0 Å². The van der Waals surface area contributed by atoms with E-state index in [1.807, 2.05) is 138 Å². The first-order valence-electron chi connectivity index (χ1n) is 37.4. The van der Waals surface area contributed by atoms with E-state index in [9.17, 15) is 28.3 Å². The third-order valence-electron chi connectivity index (χ3n) is 18.7. The zero-order valence-corrected chi connectivity index (χ0v) is 68.3. The Morgan fingerprint density at radius 1 is 0.514 bits per heavy atom. The lowest BCUT2D eigenvalue weighted by atomic mass is 10.1. The molecule has 4 N–H and O–H groups in total. The summed E-state index contributed by atoms with van der Waals surface area (Å²) in [6, 6.07) is 26.2. The Kier molecular flexibility index (Phi) is 31.9. The summed E-state index contributed by atoms with van der Waals surface area (Å²) in [5.41, 5.74) is -0.985. The van der Waals surface area contributed by atoms with Gasteiger partial charge in [0.15, 0.2) is 57.6 Å². The zero-order valence-electron chi connectivity index (χ0n) is 65.9. The number of H-pyrrole nitrogens is 1. The second-order valence-corrected chi connectivity index (χ2v) is 29.9. The van der Waals surface area contributed by atoms with E-state index in [2.05, 4.69) is 75.7 Å². The molecule has 10 heterocycles. The largest absolute Gasteiger partial charge is 0.494 e. The standard InChI is InChI=1S/C24H29FN6O2.C15H23N3O3.C14H16FN3O2.C10H15N3O.C10H19NO2.C6H6BrNO.ClH/c1-29(14-15-32)17-5-6-19-18(16-17)21(28-23(27-19)24(25)7-8-24)30-10-12-31(13-11-30)22-20(33-2)4-3-9-26-22;1-15(2,3)21-14(19)18-10-8-17(9-11-18)13-12(20-4)6-5-7-16-13;1-18(6-7-19)9-2-3-11-10(8-9)12(20)17-13(16-11)14(15)4-5-14;1-14-9-3-2-4-12-10(9)13-7-5-11-6-8-13;1-10(2,3)13-9(12)11-7-5-4-6-8-11;1-9-5-3-2-4-8-6(5)7;/h3-6,9,16,32H,7-8,10-15H2,1-2H3;5-7H,8-11H2,1-4H3;2-3,8,19H,4-7H2,1H3,(H,16,17,20);2-4,11H,5-8H2,1H3;4-8H2,1-3H3;2-4H,1H3;1H. The molecule has 8 aromatic rings. The minimum absolute atomic E-state index is 0. The third kappa shape index (κ3) is 24.8. The van der Waals surface area contributed by atoms with Gasteiger partial charge in [-0.2, -0.15) is 0 Å². The average Bonchev–Trinajstić information content (AvgIpc) is 1.58. The van der Waals surface area contributed by atoms with Crippen molar-refractivity contribution < 1.29 is 57.0 Å². The maximum Gasteiger partial charge on any atom is 0.410 e. The summed E-state index contributed by atoms with van der Waals surface area (Å²) >= 11 is 3.22. The Balaban J connectivity index is 0.000000175. The van der Waals surface area contributed by atoms with Gasteiger partial charge in [-0.15, -0.1) is 12.4 Å². The van der Waals surface area contributed by atoms with Crippen molar-refractivity contribution in [2.75, 3.05) is 190 Å². The molecule has 28 nitrogen and oxygen atoms in total. The number of aromatic amines is 1. The number of carbonyl (C=O) groups excluding carboxylic acids is 2. The number of piperazine rings is 3. The highest BCUT2D eigenvalue weighted by Crippen LogP contribution is 2.50. The molecule has 32 heteroatoms. The van der Waals surface area contributed by atoms with Gasteiger partial charge in [0.2, 0.25) is 0 Å². The number of alkyl halides is 2. The van der Waals surface area contributed by atoms with Crippen molar-refractivity contribution in [3.8, 4) is 23.0 Å². The van der Waals surface area contributed by atoms with Gasteiger partial charge >= 0.3 is 12.2 Å². The number of rotatable bonds is 16. The fourth-order valence-electron chi connectivity index (χ4n) is 12.3. The Morgan fingerprint density at radius 3 is 1.32 bits per heavy atom. The Hall–Kier alpha value is -9.43. The molecule has 111 heavy (non-hydrogen) atoms. The first kappa shape index (κ1) is 87.2. The lowest BCUT2D eigenvalue weighted by Crippen LogP contribution is -2.50. The van der Waals surface area contributed by atoms with Crippen molar-refractivity contribution >= 4 is 97.0 Å². The number of amides is 2. The van der Waals surface area contributed by atoms with Crippen molar-refractivity contribution in [3.05, 3.63) is 136 Å². The number of nitrogens with zero attached hydrogens (tertiary/aromatic N) is 15. The van der Waals surface area contributed by atoms with Crippen LogP contribution in [0.4, 0.5) is 53.0 Å². The van der Waals surface area contributed by atoms with Gasteiger partial charge in [-0.1, -0.05) is 0 Å². The van der Waals surface area contributed by atoms with Gasteiger partial charge in [0, 0.05) is 160 Å². The van der Waals surface area contributed by atoms with Crippen LogP contribution in [-0.2, 0) is 20.8 Å². The third-order valence-corrected chi connectivity index (χ3v) is 19.3. The SMILES string of the molecule is CC(C)(C)OC(=O)N1CCCCC1.CN(CCO)c1ccc2nc(C3(F)CC3)[nH]c(=O)c2c1.COc1cccnc1Br.COc1cccnc1N1CCN(C(=O)OC(C)(C)C)CC1.COc1cccnc1N1CCN(c2nc(C3(F)CC3)nc3ccc(N(C)CCO)cc23)CC1.COc1cccnc1N1CCNCC1.Cl. The number of aliphatic hydroxyl groups excluding tert-OH is 2. The molecule has 4 aliphatic heterocycles. The summed E-state index contributed by atoms with van der Waals surface area (Å²) < 4.78 is 61.4. The number of benzene rings is 2. The van der Waals surface area contributed by atoms with Gasteiger partial charge < -0.3 is 88.1 Å². The van der Waals surface area contributed by atoms with Crippen LogP contribution in [-0.4, -0.2) is 244 Å². The maximum absolute atomic E-state index is 15.0. The van der Waals surface area contributed by atoms with Gasteiger partial charge in [0.25, 0.3) is 5.56 Å². The molecule has 604 valence electrons. The number of pyridine rings is 4. The smallest absolute Gasteiger partial charge is 0.410 e. The van der Waals surface area contributed by atoms with Crippen LogP contribution in [0.2, 0.25) is 0 Å². The number of carbonyl (C=O) groups is 2. The Labute approximate surface area is 663 Å². The number of piperidine rings is 1. The van der Waals surface area contributed by atoms with E-state index in [0.29, 0.717) is 75.9 Å². The number of nitrogens with one attached hydrogen (secondary N) is 2. The van der Waals surface area contributed by atoms with E-state index >= 15 is 0 Å². The van der Waals surface area contributed by atoms with E-state index in [0.717, 1.165) is 151 Å². The lowest BCUT2D eigenvalue weighted by Gasteiger charge is -2.37. The molecule has 2 aliphatic carbocycles. The van der Waals surface area contributed by atoms with E-state index in [-0.39, 0.29) is 60.6 Å². The molecule has 14 rings (SSSR count). The molecule has 0 atom stereocenters. The number of methoxy groups -OCH3 is 4. The molecule has 6 fully saturated rings. The monoisotopic (exact) mass is 1620 g/mol. The highest BCUT2D eigenvalue weighted by atomic mass is 79.9. The molecule has 0 radical (unpaired) electrons. The van der Waals surface area contributed by atoms with Crippen molar-refractivity contribution in [1.29, 1.82) is 0 Å². The number of hydrogen-bond donors (Lipinski definition) is 4. The van der Waals surface area contributed by atoms with E-state index in [4.69, 9.17) is 38.5 Å². The predicted molar refractivity (Wildman–Crippen MR) is 436 cm³/mol. The normalized spacial score (nSPS) is 16.1. The van der Waals surface area contributed by atoms with Crippen LogP contribution in [0.5, 0.6) is 23.0 Å². The fourth-order valence-corrected chi connectivity index (χ4v) is 12.7. The first-order valence-corrected chi connectivity index (χ1v) is 38.2. The fraction of sp³-hybridized carbons (Fsp3) is 0.519. The molecule has 0 bridgehead atoms. The number of hydrogen-bond acceptors (Lipinski definition) is 25. The van der Waals surface area contributed by atoms with Crippen molar-refractivity contribution in [2.45, 2.75) is 109 Å².